The van der Waals surface area contributed by atoms with Crippen LogP contribution in [0, 0.1) is 0 Å². The molecule has 5 nitrogen and oxygen atoms in total. The first kappa shape index (κ1) is 17.1. The van der Waals surface area contributed by atoms with Crippen LogP contribution in [-0.2, 0) is 15.4 Å². The van der Waals surface area contributed by atoms with E-state index in [9.17, 15) is 13.5 Å². The Morgan fingerprint density at radius 3 is 2.30 bits per heavy atom. The van der Waals surface area contributed by atoms with Gasteiger partial charge in [0.25, 0.3) is 10.0 Å². The number of para-hydroxylation sites is 2. The summed E-state index contributed by atoms with van der Waals surface area (Å²) in [6.07, 6.45) is 0. The van der Waals surface area contributed by atoms with Gasteiger partial charge in [0.05, 0.1) is 17.7 Å². The molecule has 0 atom stereocenters. The van der Waals surface area contributed by atoms with E-state index in [0.717, 1.165) is 5.56 Å². The van der Waals surface area contributed by atoms with Gasteiger partial charge in [-0.25, -0.2) is 8.42 Å². The third-order valence-corrected chi connectivity index (χ3v) is 4.80. The molecule has 0 bridgehead atoms. The summed E-state index contributed by atoms with van der Waals surface area (Å²) in [5.41, 5.74) is 0.659. The Hall–Kier alpha value is -2.21. The van der Waals surface area contributed by atoms with Crippen molar-refractivity contribution in [3.63, 3.8) is 0 Å². The summed E-state index contributed by atoms with van der Waals surface area (Å²) in [4.78, 5) is 0.117. The molecule has 0 heterocycles. The molecule has 2 N–H and O–H groups in total. The molecule has 23 heavy (non-hydrogen) atoms. The minimum atomic E-state index is -3.81. The molecule has 0 saturated heterocycles. The molecule has 0 aliphatic heterocycles. The summed E-state index contributed by atoms with van der Waals surface area (Å²) >= 11 is 0. The summed E-state index contributed by atoms with van der Waals surface area (Å²) in [5, 5.41) is 9.74. The molecular formula is C17H21NO4S. The summed E-state index contributed by atoms with van der Waals surface area (Å²) in [7, 11) is -2.25. The number of nitrogens with one attached hydrogen (secondary N) is 1. The van der Waals surface area contributed by atoms with Crippen LogP contribution >= 0.6 is 0 Å². The quantitative estimate of drug-likeness (QED) is 0.839. The Morgan fingerprint density at radius 1 is 1.09 bits per heavy atom. The lowest BCUT2D eigenvalue weighted by molar-refractivity contribution is 0.397. The molecule has 2 rings (SSSR count). The minimum absolute atomic E-state index is 0.117. The van der Waals surface area contributed by atoms with Crippen molar-refractivity contribution in [2.24, 2.45) is 0 Å². The standard InChI is InChI=1S/C17H21NO4S/c1-17(2,3)13-11-12(9-10-16(13)22-4)23(20,21)18-14-7-5-6-8-15(14)19/h5-11,18-19H,1-4H3. The third-order valence-electron chi connectivity index (χ3n) is 3.44. The average molecular weight is 335 g/mol. The molecule has 0 aliphatic rings. The number of anilines is 1. The van der Waals surface area contributed by atoms with Crippen LogP contribution in [0.2, 0.25) is 0 Å². The molecule has 6 heteroatoms. The van der Waals surface area contributed by atoms with Crippen LogP contribution in [0.1, 0.15) is 26.3 Å². The van der Waals surface area contributed by atoms with Crippen molar-refractivity contribution in [3.05, 3.63) is 48.0 Å². The monoisotopic (exact) mass is 335 g/mol. The van der Waals surface area contributed by atoms with Crippen LogP contribution in [0.15, 0.2) is 47.4 Å². The van der Waals surface area contributed by atoms with Gasteiger partial charge < -0.3 is 9.84 Å². The maximum absolute atomic E-state index is 12.6. The van der Waals surface area contributed by atoms with Gasteiger partial charge in [0.15, 0.2) is 0 Å². The van der Waals surface area contributed by atoms with Gasteiger partial charge in [-0.05, 0) is 35.7 Å². The second kappa shape index (κ2) is 6.12. The summed E-state index contributed by atoms with van der Waals surface area (Å²) in [5.74, 6) is 0.514. The average Bonchev–Trinajstić information content (AvgIpc) is 2.48. The lowest BCUT2D eigenvalue weighted by Crippen LogP contribution is -2.17. The second-order valence-electron chi connectivity index (χ2n) is 6.23. The number of sulfonamides is 1. The number of phenolic OH excluding ortho intramolecular Hbond substituents is 1. The van der Waals surface area contributed by atoms with Crippen molar-refractivity contribution >= 4 is 15.7 Å². The number of hydrogen-bond donors (Lipinski definition) is 2. The van der Waals surface area contributed by atoms with Gasteiger partial charge in [0.1, 0.15) is 11.5 Å². The largest absolute Gasteiger partial charge is 0.506 e. The molecular weight excluding hydrogens is 314 g/mol. The number of rotatable bonds is 4. The predicted octanol–water partition coefficient (Wildman–Crippen LogP) is 3.50. The highest BCUT2D eigenvalue weighted by Crippen LogP contribution is 2.34. The van der Waals surface area contributed by atoms with Crippen molar-refractivity contribution in [1.29, 1.82) is 0 Å². The van der Waals surface area contributed by atoms with Gasteiger partial charge in [-0.15, -0.1) is 0 Å². The van der Waals surface area contributed by atoms with Crippen LogP contribution < -0.4 is 9.46 Å². The van der Waals surface area contributed by atoms with E-state index in [2.05, 4.69) is 4.72 Å². The second-order valence-corrected chi connectivity index (χ2v) is 7.92. The van der Waals surface area contributed by atoms with Crippen LogP contribution in [0.3, 0.4) is 0 Å². The highest BCUT2D eigenvalue weighted by atomic mass is 32.2. The molecule has 0 aliphatic carbocycles. The van der Waals surface area contributed by atoms with E-state index < -0.39 is 10.0 Å². The first-order valence-electron chi connectivity index (χ1n) is 7.14. The molecule has 124 valence electrons. The van der Waals surface area contributed by atoms with Crippen molar-refractivity contribution in [3.8, 4) is 11.5 Å². The van der Waals surface area contributed by atoms with Crippen LogP contribution in [0.5, 0.6) is 11.5 Å². The topological polar surface area (TPSA) is 75.6 Å². The van der Waals surface area contributed by atoms with Gasteiger partial charge >= 0.3 is 0 Å². The Bertz CT molecular complexity index is 808. The van der Waals surface area contributed by atoms with E-state index in [1.165, 1.54) is 18.2 Å². The Morgan fingerprint density at radius 2 is 1.74 bits per heavy atom. The molecule has 0 saturated carbocycles. The number of ether oxygens (including phenoxy) is 1. The summed E-state index contributed by atoms with van der Waals surface area (Å²) < 4.78 is 32.9. The number of phenols is 1. The van der Waals surface area contributed by atoms with Crippen molar-refractivity contribution in [1.82, 2.24) is 0 Å². The van der Waals surface area contributed by atoms with Gasteiger partial charge in [-0.1, -0.05) is 32.9 Å². The summed E-state index contributed by atoms with van der Waals surface area (Å²) in [6.45, 7) is 5.95. The van der Waals surface area contributed by atoms with Crippen molar-refractivity contribution in [2.45, 2.75) is 31.1 Å². The SMILES string of the molecule is COc1ccc(S(=O)(=O)Nc2ccccc2O)cc1C(C)(C)C. The zero-order valence-corrected chi connectivity index (χ0v) is 14.4. The molecule has 0 amide bonds. The first-order valence-corrected chi connectivity index (χ1v) is 8.63. The van der Waals surface area contributed by atoms with E-state index >= 15 is 0 Å². The molecule has 0 unspecified atom stereocenters. The van der Waals surface area contributed by atoms with Gasteiger partial charge in [-0.3, -0.25) is 4.72 Å². The predicted molar refractivity (Wildman–Crippen MR) is 90.6 cm³/mol. The zero-order valence-electron chi connectivity index (χ0n) is 13.6. The van der Waals surface area contributed by atoms with Crippen LogP contribution in [0.4, 0.5) is 5.69 Å². The zero-order chi connectivity index (χ0) is 17.3. The van der Waals surface area contributed by atoms with Gasteiger partial charge in [-0.2, -0.15) is 0 Å². The third kappa shape index (κ3) is 3.76. The van der Waals surface area contributed by atoms with E-state index in [-0.39, 0.29) is 21.7 Å². The number of hydrogen-bond acceptors (Lipinski definition) is 4. The van der Waals surface area contributed by atoms with E-state index in [0.29, 0.717) is 5.75 Å². The Kier molecular flexibility index (Phi) is 4.56. The first-order chi connectivity index (χ1) is 10.6. The molecule has 0 radical (unpaired) electrons. The number of benzene rings is 2. The Labute approximate surface area is 137 Å². The van der Waals surface area contributed by atoms with E-state index in [1.54, 1.807) is 31.4 Å². The molecule has 0 aromatic heterocycles. The van der Waals surface area contributed by atoms with Crippen LogP contribution in [-0.4, -0.2) is 20.6 Å². The van der Waals surface area contributed by atoms with E-state index in [1.807, 2.05) is 20.8 Å². The fourth-order valence-electron chi connectivity index (χ4n) is 2.20. The summed E-state index contributed by atoms with van der Waals surface area (Å²) in [6, 6.07) is 10.9. The fourth-order valence-corrected chi connectivity index (χ4v) is 3.30. The molecule has 2 aromatic rings. The Balaban J connectivity index is 2.47. The minimum Gasteiger partial charge on any atom is -0.506 e. The van der Waals surface area contributed by atoms with Gasteiger partial charge in [0.2, 0.25) is 0 Å². The fraction of sp³-hybridized carbons (Fsp3) is 0.294. The molecule has 2 aromatic carbocycles. The number of methoxy groups -OCH3 is 1. The number of aromatic hydroxyl groups is 1. The smallest absolute Gasteiger partial charge is 0.262 e. The highest BCUT2D eigenvalue weighted by Gasteiger charge is 2.23. The highest BCUT2D eigenvalue weighted by molar-refractivity contribution is 7.92. The molecule has 0 spiro atoms. The van der Waals surface area contributed by atoms with E-state index in [4.69, 9.17) is 4.74 Å². The lowest BCUT2D eigenvalue weighted by Gasteiger charge is -2.23. The van der Waals surface area contributed by atoms with Gasteiger partial charge in [0, 0.05) is 5.56 Å². The lowest BCUT2D eigenvalue weighted by atomic mass is 9.86. The van der Waals surface area contributed by atoms with Crippen molar-refractivity contribution < 1.29 is 18.3 Å². The molecule has 0 fully saturated rings. The normalized spacial score (nSPS) is 12.0. The maximum Gasteiger partial charge on any atom is 0.262 e. The van der Waals surface area contributed by atoms with Crippen LogP contribution in [0.25, 0.3) is 0 Å². The van der Waals surface area contributed by atoms with Crippen molar-refractivity contribution in [2.75, 3.05) is 11.8 Å². The maximum atomic E-state index is 12.6.